The number of rotatable bonds is 12. The Balaban J connectivity index is 1.24. The summed E-state index contributed by atoms with van der Waals surface area (Å²) in [6.45, 7) is 0.840. The second kappa shape index (κ2) is 14.1. The van der Waals surface area contributed by atoms with Crippen LogP contribution in [0.5, 0.6) is 0 Å². The van der Waals surface area contributed by atoms with Crippen LogP contribution in [0.25, 0.3) is 11.1 Å². The lowest BCUT2D eigenvalue weighted by Gasteiger charge is -2.29. The number of alkyl halides is 3. The Morgan fingerprint density at radius 2 is 1.64 bits per heavy atom. The van der Waals surface area contributed by atoms with Crippen molar-refractivity contribution in [3.8, 4) is 11.1 Å². The fraction of sp³-hybridized carbons (Fsp3) is 0.294. The number of carbonyl (C=O) groups excluding carboxylic acids is 1. The van der Waals surface area contributed by atoms with Gasteiger partial charge in [0.05, 0.1) is 12.1 Å². The zero-order valence-corrected chi connectivity index (χ0v) is 26.0. The molecule has 1 aliphatic carbocycles. The zero-order chi connectivity index (χ0) is 33.0. The van der Waals surface area contributed by atoms with Crippen LogP contribution in [0.2, 0.25) is 0 Å². The molecule has 1 aromatic heterocycles. The zero-order valence-electron chi connectivity index (χ0n) is 25.2. The molecule has 4 aromatic rings. The van der Waals surface area contributed by atoms with Crippen molar-refractivity contribution in [2.75, 3.05) is 13.2 Å². The van der Waals surface area contributed by atoms with Crippen LogP contribution < -0.4 is 11.0 Å². The third-order valence-corrected chi connectivity index (χ3v) is 9.20. The summed E-state index contributed by atoms with van der Waals surface area (Å²) in [6.07, 6.45) is -1.81. The highest BCUT2D eigenvalue weighted by atomic mass is 32.2. The molecule has 1 atom stereocenters. The Morgan fingerprint density at radius 3 is 2.32 bits per heavy atom. The number of carbonyl (C=O) groups is 1. The Hall–Kier alpha value is -4.49. The second-order valence-electron chi connectivity index (χ2n) is 11.3. The number of hydrogen-bond donors (Lipinski definition) is 1. The molecule has 0 amide bonds. The summed E-state index contributed by atoms with van der Waals surface area (Å²) in [4.78, 5) is 30.3. The van der Waals surface area contributed by atoms with Gasteiger partial charge in [-0.15, -0.1) is 0 Å². The standard InChI is InChI=1S/C34H31F4N5O3S/c35-27-14-6-23(7-15-27)21-47-33-39-32(45)28-2-1-3-29(28)42(33)19-30-40-41-31(20-46-17-16-44)43(30)18-22-4-8-24(9-5-22)25-10-12-26(13-11-25)34(36,37)38/h4-16,30,40H,1-3,17-21H2. The molecule has 2 heterocycles. The topological polar surface area (TPSA) is 88.8 Å². The van der Waals surface area contributed by atoms with Crippen LogP contribution in [0.4, 0.5) is 17.6 Å². The summed E-state index contributed by atoms with van der Waals surface area (Å²) in [6, 6.07) is 18.8. The van der Waals surface area contributed by atoms with Crippen LogP contribution in [-0.2, 0) is 47.4 Å². The van der Waals surface area contributed by atoms with Crippen LogP contribution >= 0.6 is 11.8 Å². The van der Waals surface area contributed by atoms with Crippen molar-refractivity contribution in [2.45, 2.75) is 55.6 Å². The fourth-order valence-corrected chi connectivity index (χ4v) is 6.73. The lowest BCUT2D eigenvalue weighted by atomic mass is 10.0. The van der Waals surface area contributed by atoms with Gasteiger partial charge >= 0.3 is 6.18 Å². The molecule has 13 heteroatoms. The predicted molar refractivity (Wildman–Crippen MR) is 170 cm³/mol. The maximum absolute atomic E-state index is 13.5. The van der Waals surface area contributed by atoms with E-state index in [9.17, 15) is 27.2 Å². The van der Waals surface area contributed by atoms with Gasteiger partial charge in [0.25, 0.3) is 5.56 Å². The largest absolute Gasteiger partial charge is 0.416 e. The first-order valence-electron chi connectivity index (χ1n) is 15.1. The van der Waals surface area contributed by atoms with E-state index >= 15 is 0 Å². The number of aromatic nitrogens is 2. The van der Waals surface area contributed by atoms with Gasteiger partial charge in [0, 0.05) is 23.6 Å². The average Bonchev–Trinajstić information content (AvgIpc) is 3.71. The lowest BCUT2D eigenvalue weighted by molar-refractivity contribution is -0.137. The van der Waals surface area contributed by atoms with Crippen molar-refractivity contribution in [3.05, 3.63) is 117 Å². The van der Waals surface area contributed by atoms with Crippen LogP contribution in [0, 0.1) is 5.82 Å². The van der Waals surface area contributed by atoms with Crippen molar-refractivity contribution < 1.29 is 27.1 Å². The molecule has 47 heavy (non-hydrogen) atoms. The van der Waals surface area contributed by atoms with E-state index in [1.807, 2.05) is 29.2 Å². The van der Waals surface area contributed by atoms with E-state index in [0.717, 1.165) is 52.9 Å². The van der Waals surface area contributed by atoms with Crippen LogP contribution in [0.1, 0.15) is 34.4 Å². The van der Waals surface area contributed by atoms with Gasteiger partial charge in [-0.05, 0) is 65.8 Å². The molecule has 0 spiro atoms. The molecule has 244 valence electrons. The fourth-order valence-electron chi connectivity index (χ4n) is 5.75. The van der Waals surface area contributed by atoms with Crippen LogP contribution in [0.3, 0.4) is 0 Å². The number of nitrogens with one attached hydrogen (secondary N) is 1. The van der Waals surface area contributed by atoms with E-state index in [0.29, 0.717) is 48.1 Å². The lowest BCUT2D eigenvalue weighted by Crippen LogP contribution is -2.44. The molecule has 1 unspecified atom stereocenters. The summed E-state index contributed by atoms with van der Waals surface area (Å²) in [5.41, 5.74) is 7.20. The van der Waals surface area contributed by atoms with E-state index < -0.39 is 11.7 Å². The monoisotopic (exact) mass is 665 g/mol. The van der Waals surface area contributed by atoms with Gasteiger partial charge < -0.3 is 19.0 Å². The van der Waals surface area contributed by atoms with Crippen molar-refractivity contribution in [2.24, 2.45) is 5.10 Å². The summed E-state index contributed by atoms with van der Waals surface area (Å²) >= 11 is 1.41. The minimum atomic E-state index is -4.40. The molecule has 8 nitrogen and oxygen atoms in total. The minimum absolute atomic E-state index is 0.0827. The van der Waals surface area contributed by atoms with Gasteiger partial charge in [-0.1, -0.05) is 60.3 Å². The van der Waals surface area contributed by atoms with Crippen molar-refractivity contribution in [1.82, 2.24) is 19.9 Å². The molecule has 0 saturated heterocycles. The van der Waals surface area contributed by atoms with Crippen LogP contribution in [-0.4, -0.2) is 46.0 Å². The Bertz CT molecular complexity index is 1810. The van der Waals surface area contributed by atoms with Gasteiger partial charge in [0.15, 0.2) is 11.0 Å². The van der Waals surface area contributed by atoms with Gasteiger partial charge in [-0.2, -0.15) is 23.3 Å². The highest BCUT2D eigenvalue weighted by Crippen LogP contribution is 2.32. The highest BCUT2D eigenvalue weighted by Gasteiger charge is 2.32. The third-order valence-electron chi connectivity index (χ3n) is 8.16. The van der Waals surface area contributed by atoms with Crippen LogP contribution in [0.15, 0.2) is 87.8 Å². The molecule has 0 bridgehead atoms. The summed E-state index contributed by atoms with van der Waals surface area (Å²) in [5, 5.41) is 5.08. The number of fused-ring (bicyclic) bond motifs is 1. The van der Waals surface area contributed by atoms with Gasteiger partial charge in [0.1, 0.15) is 31.5 Å². The first-order chi connectivity index (χ1) is 22.7. The molecule has 0 radical (unpaired) electrons. The molecule has 3 aromatic carbocycles. The number of aldehydes is 1. The van der Waals surface area contributed by atoms with Crippen molar-refractivity contribution in [1.29, 1.82) is 0 Å². The minimum Gasteiger partial charge on any atom is -0.366 e. The quantitative estimate of drug-likeness (QED) is 0.0672. The molecule has 1 aliphatic heterocycles. The predicted octanol–water partition coefficient (Wildman–Crippen LogP) is 5.81. The van der Waals surface area contributed by atoms with E-state index in [1.54, 1.807) is 12.1 Å². The molecular weight excluding hydrogens is 634 g/mol. The number of hydrazone groups is 1. The Morgan fingerprint density at radius 1 is 0.957 bits per heavy atom. The first kappa shape index (κ1) is 32.5. The van der Waals surface area contributed by atoms with E-state index in [1.165, 1.54) is 36.0 Å². The number of benzene rings is 3. The molecule has 0 saturated carbocycles. The first-order valence-corrected chi connectivity index (χ1v) is 16.0. The van der Waals surface area contributed by atoms with Crippen molar-refractivity contribution in [3.63, 3.8) is 0 Å². The summed E-state index contributed by atoms with van der Waals surface area (Å²) < 4.78 is 60.1. The van der Waals surface area contributed by atoms with E-state index in [2.05, 4.69) is 20.1 Å². The number of amidine groups is 1. The van der Waals surface area contributed by atoms with E-state index in [4.69, 9.17) is 4.74 Å². The highest BCUT2D eigenvalue weighted by molar-refractivity contribution is 7.98. The van der Waals surface area contributed by atoms with Gasteiger partial charge in [0.2, 0.25) is 0 Å². The average molecular weight is 666 g/mol. The van der Waals surface area contributed by atoms with E-state index in [-0.39, 0.29) is 30.8 Å². The van der Waals surface area contributed by atoms with Gasteiger partial charge in [-0.25, -0.2) is 4.39 Å². The maximum atomic E-state index is 13.5. The maximum Gasteiger partial charge on any atom is 0.416 e. The second-order valence-corrected chi connectivity index (χ2v) is 12.2. The Labute approximate surface area is 272 Å². The summed E-state index contributed by atoms with van der Waals surface area (Å²) in [7, 11) is 0. The molecule has 1 N–H and O–H groups in total. The number of nitrogens with zero attached hydrogens (tertiary/aromatic N) is 4. The molecule has 6 rings (SSSR count). The number of halogens is 4. The molecule has 0 fully saturated rings. The molecule has 2 aliphatic rings. The summed E-state index contributed by atoms with van der Waals surface area (Å²) in [5.74, 6) is 0.774. The normalized spacial score (nSPS) is 15.8. The Kier molecular flexibility index (Phi) is 9.73. The van der Waals surface area contributed by atoms with Gasteiger partial charge in [-0.3, -0.25) is 10.2 Å². The SMILES string of the molecule is O=CCOCC1=NNC(Cn2c(SCc3ccc(F)cc3)nc(=O)c3c2CCC3)N1Cc1ccc(-c2ccc(C(F)(F)F)cc2)cc1. The molecular formula is C34H31F4N5O3S. The van der Waals surface area contributed by atoms with Crippen molar-refractivity contribution >= 4 is 23.9 Å². The smallest absolute Gasteiger partial charge is 0.366 e. The number of thioether (sulfide) groups is 1. The number of ether oxygens (including phenoxy) is 1. The number of hydrogen-bond acceptors (Lipinski definition) is 8. The third kappa shape index (κ3) is 7.57.